The molecule has 0 saturated heterocycles. The Morgan fingerprint density at radius 1 is 1.37 bits per heavy atom. The van der Waals surface area contributed by atoms with E-state index in [0.29, 0.717) is 16.4 Å². The third-order valence-electron chi connectivity index (χ3n) is 2.50. The fourth-order valence-corrected chi connectivity index (χ4v) is 2.52. The number of aromatic carboxylic acids is 1. The quantitative estimate of drug-likeness (QED) is 0.909. The molecule has 0 saturated carbocycles. The van der Waals surface area contributed by atoms with Gasteiger partial charge in [0.1, 0.15) is 17.8 Å². The highest BCUT2D eigenvalue weighted by Crippen LogP contribution is 2.18. The number of carboxylic acid groups (broad SMARTS) is 1. The first-order valence-electron chi connectivity index (χ1n) is 5.43. The zero-order valence-electron chi connectivity index (χ0n) is 10.2. The first-order chi connectivity index (χ1) is 9.10. The van der Waals surface area contributed by atoms with Crippen LogP contribution in [0.15, 0.2) is 45.9 Å². The minimum absolute atomic E-state index is 0.0572. The first kappa shape index (κ1) is 13.4. The number of hydrogen-bond acceptors (Lipinski definition) is 4. The molecular weight excluding hydrogens is 268 g/mol. The van der Waals surface area contributed by atoms with Gasteiger partial charge in [-0.15, -0.1) is 0 Å². The largest absolute Gasteiger partial charge is 0.497 e. The van der Waals surface area contributed by atoms with Gasteiger partial charge in [0.05, 0.1) is 29.2 Å². The van der Waals surface area contributed by atoms with Crippen LogP contribution in [0.1, 0.15) is 16.1 Å². The van der Waals surface area contributed by atoms with Crippen molar-refractivity contribution in [2.75, 3.05) is 7.11 Å². The standard InChI is InChI=1S/C13H12O5S/c1-17-10-2-4-12(5-3-10)19(16)8-11-6-9(7-18-11)13(14)15/h2-7H,8H2,1H3,(H,14,15). The Morgan fingerprint density at radius 3 is 2.58 bits per heavy atom. The van der Waals surface area contributed by atoms with Crippen molar-refractivity contribution >= 4 is 16.8 Å². The Hall–Kier alpha value is -2.08. The van der Waals surface area contributed by atoms with E-state index in [2.05, 4.69) is 0 Å². The van der Waals surface area contributed by atoms with Crippen LogP contribution < -0.4 is 4.74 Å². The second-order valence-corrected chi connectivity index (χ2v) is 5.22. The van der Waals surface area contributed by atoms with Crippen molar-refractivity contribution in [2.24, 2.45) is 0 Å². The van der Waals surface area contributed by atoms with Gasteiger partial charge in [-0.05, 0) is 30.3 Å². The molecule has 0 aliphatic rings. The molecule has 1 atom stereocenters. The molecular formula is C13H12O5S. The lowest BCUT2D eigenvalue weighted by atomic mass is 10.3. The lowest BCUT2D eigenvalue weighted by Gasteiger charge is -2.02. The molecule has 0 aliphatic carbocycles. The van der Waals surface area contributed by atoms with Gasteiger partial charge in [0, 0.05) is 4.90 Å². The number of benzene rings is 1. The summed E-state index contributed by atoms with van der Waals surface area (Å²) in [4.78, 5) is 11.3. The van der Waals surface area contributed by atoms with E-state index in [0.717, 1.165) is 6.26 Å². The van der Waals surface area contributed by atoms with Crippen molar-refractivity contribution in [3.63, 3.8) is 0 Å². The van der Waals surface area contributed by atoms with E-state index in [-0.39, 0.29) is 11.3 Å². The topological polar surface area (TPSA) is 76.7 Å². The van der Waals surface area contributed by atoms with Crippen LogP contribution in [0.4, 0.5) is 0 Å². The molecule has 1 heterocycles. The van der Waals surface area contributed by atoms with Crippen LogP contribution in [0.5, 0.6) is 5.75 Å². The van der Waals surface area contributed by atoms with E-state index >= 15 is 0 Å². The van der Waals surface area contributed by atoms with E-state index in [1.54, 1.807) is 31.4 Å². The van der Waals surface area contributed by atoms with E-state index in [1.165, 1.54) is 6.07 Å². The highest BCUT2D eigenvalue weighted by atomic mass is 32.2. The maximum Gasteiger partial charge on any atom is 0.338 e. The molecule has 100 valence electrons. The molecule has 2 aromatic rings. The molecule has 0 bridgehead atoms. The van der Waals surface area contributed by atoms with Gasteiger partial charge in [-0.25, -0.2) is 4.79 Å². The number of rotatable bonds is 5. The highest BCUT2D eigenvalue weighted by molar-refractivity contribution is 7.84. The van der Waals surface area contributed by atoms with E-state index < -0.39 is 16.8 Å². The summed E-state index contributed by atoms with van der Waals surface area (Å²) in [5.74, 6) is 0.142. The van der Waals surface area contributed by atoms with Gasteiger partial charge in [-0.1, -0.05) is 0 Å². The Bertz CT molecular complexity index is 600. The smallest absolute Gasteiger partial charge is 0.338 e. The maximum atomic E-state index is 12.1. The predicted octanol–water partition coefficient (Wildman–Crippen LogP) is 2.29. The summed E-state index contributed by atoms with van der Waals surface area (Å²) in [6, 6.07) is 8.23. The number of methoxy groups -OCH3 is 1. The molecule has 5 nitrogen and oxygen atoms in total. The lowest BCUT2D eigenvalue weighted by molar-refractivity contribution is 0.0696. The Balaban J connectivity index is 2.08. The van der Waals surface area contributed by atoms with Crippen LogP contribution >= 0.6 is 0 Å². The molecule has 19 heavy (non-hydrogen) atoms. The average Bonchev–Trinajstić information content (AvgIpc) is 2.87. The van der Waals surface area contributed by atoms with Gasteiger partial charge < -0.3 is 14.3 Å². The van der Waals surface area contributed by atoms with Gasteiger partial charge in [-0.3, -0.25) is 4.21 Å². The summed E-state index contributed by atoms with van der Waals surface area (Å²) in [5.41, 5.74) is 0.0572. The molecule has 0 amide bonds. The minimum atomic E-state index is -1.29. The zero-order chi connectivity index (χ0) is 13.8. The maximum absolute atomic E-state index is 12.1. The van der Waals surface area contributed by atoms with Crippen LogP contribution in [0.3, 0.4) is 0 Å². The molecule has 0 radical (unpaired) electrons. The van der Waals surface area contributed by atoms with Gasteiger partial charge in [0.25, 0.3) is 0 Å². The number of carboxylic acids is 1. The van der Waals surface area contributed by atoms with E-state index in [1.807, 2.05) is 0 Å². The van der Waals surface area contributed by atoms with Crippen LogP contribution in [0.2, 0.25) is 0 Å². The summed E-state index contributed by atoms with van der Waals surface area (Å²) >= 11 is 0. The molecule has 0 fully saturated rings. The van der Waals surface area contributed by atoms with Crippen LogP contribution in [0, 0.1) is 0 Å². The van der Waals surface area contributed by atoms with Crippen molar-refractivity contribution in [1.29, 1.82) is 0 Å². The third-order valence-corrected chi connectivity index (χ3v) is 3.84. The van der Waals surface area contributed by atoms with Crippen LogP contribution in [-0.2, 0) is 16.6 Å². The number of furan rings is 1. The number of ether oxygens (including phenoxy) is 1. The Morgan fingerprint density at radius 2 is 2.05 bits per heavy atom. The molecule has 1 aromatic heterocycles. The molecule has 6 heteroatoms. The summed E-state index contributed by atoms with van der Waals surface area (Å²) in [5, 5.41) is 8.76. The molecule has 1 N–H and O–H groups in total. The number of carbonyl (C=O) groups is 1. The Labute approximate surface area is 112 Å². The lowest BCUT2D eigenvalue weighted by Crippen LogP contribution is -1.96. The molecule has 1 unspecified atom stereocenters. The van der Waals surface area contributed by atoms with Crippen molar-refractivity contribution in [1.82, 2.24) is 0 Å². The monoisotopic (exact) mass is 280 g/mol. The van der Waals surface area contributed by atoms with Gasteiger partial charge in [-0.2, -0.15) is 0 Å². The van der Waals surface area contributed by atoms with Crippen LogP contribution in [0.25, 0.3) is 0 Å². The normalized spacial score (nSPS) is 12.1. The van der Waals surface area contributed by atoms with Gasteiger partial charge in [0.2, 0.25) is 0 Å². The third kappa shape index (κ3) is 3.23. The average molecular weight is 280 g/mol. The van der Waals surface area contributed by atoms with Gasteiger partial charge in [0.15, 0.2) is 0 Å². The second kappa shape index (κ2) is 5.71. The molecule has 0 aliphatic heterocycles. The SMILES string of the molecule is COc1ccc(S(=O)Cc2cc(C(=O)O)co2)cc1. The van der Waals surface area contributed by atoms with E-state index in [4.69, 9.17) is 14.3 Å². The summed E-state index contributed by atoms with van der Waals surface area (Å²) in [6.07, 6.45) is 1.14. The first-order valence-corrected chi connectivity index (χ1v) is 6.75. The zero-order valence-corrected chi connectivity index (χ0v) is 11.0. The van der Waals surface area contributed by atoms with Gasteiger partial charge >= 0.3 is 5.97 Å². The fraction of sp³-hybridized carbons (Fsp3) is 0.154. The Kier molecular flexibility index (Phi) is 4.01. The highest BCUT2D eigenvalue weighted by Gasteiger charge is 2.12. The second-order valence-electron chi connectivity index (χ2n) is 3.77. The van der Waals surface area contributed by atoms with Crippen molar-refractivity contribution in [3.8, 4) is 5.75 Å². The molecule has 0 spiro atoms. The summed E-state index contributed by atoms with van der Waals surface area (Å²) < 4.78 is 22.1. The molecule has 2 rings (SSSR count). The fourth-order valence-electron chi connectivity index (χ4n) is 1.51. The van der Waals surface area contributed by atoms with Crippen molar-refractivity contribution in [2.45, 2.75) is 10.6 Å². The molecule has 1 aromatic carbocycles. The number of hydrogen-bond donors (Lipinski definition) is 1. The van der Waals surface area contributed by atoms with Crippen molar-refractivity contribution in [3.05, 3.63) is 47.9 Å². The van der Waals surface area contributed by atoms with Crippen molar-refractivity contribution < 1.29 is 23.3 Å². The summed E-state index contributed by atoms with van der Waals surface area (Å²) in [7, 11) is 0.271. The predicted molar refractivity (Wildman–Crippen MR) is 68.8 cm³/mol. The minimum Gasteiger partial charge on any atom is -0.497 e. The summed E-state index contributed by atoms with van der Waals surface area (Å²) in [6.45, 7) is 0. The van der Waals surface area contributed by atoms with Crippen LogP contribution in [-0.4, -0.2) is 22.4 Å². The van der Waals surface area contributed by atoms with E-state index in [9.17, 15) is 9.00 Å².